The molecule has 2 atom stereocenters. The third kappa shape index (κ3) is 4.96. The summed E-state index contributed by atoms with van der Waals surface area (Å²) in [7, 11) is 0. The lowest BCUT2D eigenvalue weighted by atomic mass is 9.82. The van der Waals surface area contributed by atoms with Crippen molar-refractivity contribution < 1.29 is 18.8 Å². The summed E-state index contributed by atoms with van der Waals surface area (Å²) in [6.45, 7) is 7.41. The minimum absolute atomic E-state index is 0.103. The molecule has 0 aromatic heterocycles. The summed E-state index contributed by atoms with van der Waals surface area (Å²) >= 11 is 0. The van der Waals surface area contributed by atoms with E-state index in [0.717, 1.165) is 74.0 Å². The molecule has 0 unspecified atom stereocenters. The Bertz CT molecular complexity index is 977. The molecule has 0 amide bonds. The molecule has 0 spiro atoms. The number of carbonyl (C=O) groups is 2. The van der Waals surface area contributed by atoms with Gasteiger partial charge in [-0.15, -0.1) is 0 Å². The number of nitrogens with zero attached hydrogens (tertiary/aromatic N) is 2. The SMILES string of the molecule is CC1CCN([C@H](C(=O)O[C@H]2C[N+]3(CC(=O)c4ccccc4)CCC2CC3)c2ccccc2)CC1. The van der Waals surface area contributed by atoms with Gasteiger partial charge in [0.25, 0.3) is 0 Å². The van der Waals surface area contributed by atoms with Crippen LogP contribution in [0.1, 0.15) is 54.6 Å². The third-order valence-electron chi connectivity index (χ3n) is 8.41. The van der Waals surface area contributed by atoms with Crippen molar-refractivity contribution in [2.24, 2.45) is 11.8 Å². The van der Waals surface area contributed by atoms with Gasteiger partial charge in [0.2, 0.25) is 5.78 Å². The summed E-state index contributed by atoms with van der Waals surface area (Å²) in [6, 6.07) is 19.3. The van der Waals surface area contributed by atoms with E-state index in [1.807, 2.05) is 60.7 Å². The highest BCUT2D eigenvalue weighted by molar-refractivity contribution is 5.97. The van der Waals surface area contributed by atoms with Gasteiger partial charge < -0.3 is 9.22 Å². The number of esters is 1. The van der Waals surface area contributed by atoms with Crippen LogP contribution in [0.2, 0.25) is 0 Å². The zero-order valence-corrected chi connectivity index (χ0v) is 20.3. The van der Waals surface area contributed by atoms with Crippen LogP contribution in [0.5, 0.6) is 0 Å². The molecule has 6 rings (SSSR count). The molecule has 4 aliphatic heterocycles. The lowest BCUT2D eigenvalue weighted by Crippen LogP contribution is -2.66. The summed E-state index contributed by atoms with van der Waals surface area (Å²) in [5.74, 6) is 1.19. The predicted molar refractivity (Wildman–Crippen MR) is 132 cm³/mol. The first-order valence-corrected chi connectivity index (χ1v) is 13.0. The van der Waals surface area contributed by atoms with Crippen LogP contribution in [0.25, 0.3) is 0 Å². The second-order valence-corrected chi connectivity index (χ2v) is 10.8. The molecule has 34 heavy (non-hydrogen) atoms. The summed E-state index contributed by atoms with van der Waals surface area (Å²) in [5, 5.41) is 0. The number of piperidine rings is 4. The number of hydrogen-bond acceptors (Lipinski definition) is 4. The van der Waals surface area contributed by atoms with E-state index < -0.39 is 0 Å². The van der Waals surface area contributed by atoms with E-state index in [4.69, 9.17) is 4.74 Å². The summed E-state index contributed by atoms with van der Waals surface area (Å²) in [6.07, 6.45) is 4.18. The molecular weight excluding hydrogens is 424 g/mol. The average Bonchev–Trinajstić information content (AvgIpc) is 2.87. The number of Topliss-reactive ketones (excluding diaryl/α,β-unsaturated/α-hetero) is 1. The monoisotopic (exact) mass is 461 g/mol. The number of hydrogen-bond donors (Lipinski definition) is 0. The number of carbonyl (C=O) groups excluding carboxylic acids is 2. The number of fused-ring (bicyclic) bond motifs is 3. The fourth-order valence-electron chi connectivity index (χ4n) is 6.23. The van der Waals surface area contributed by atoms with E-state index >= 15 is 0 Å². The Morgan fingerprint density at radius 3 is 2.21 bits per heavy atom. The third-order valence-corrected chi connectivity index (χ3v) is 8.41. The van der Waals surface area contributed by atoms with Crippen LogP contribution in [-0.4, -0.2) is 66.5 Å². The second-order valence-electron chi connectivity index (χ2n) is 10.8. The maximum atomic E-state index is 13.7. The molecule has 0 saturated carbocycles. The van der Waals surface area contributed by atoms with Crippen molar-refractivity contribution in [3.63, 3.8) is 0 Å². The van der Waals surface area contributed by atoms with Crippen LogP contribution < -0.4 is 0 Å². The first kappa shape index (κ1) is 23.3. The molecule has 180 valence electrons. The van der Waals surface area contributed by atoms with Gasteiger partial charge >= 0.3 is 5.97 Å². The molecule has 0 N–H and O–H groups in total. The molecular formula is C29H37N2O3+. The Balaban J connectivity index is 1.30. The summed E-state index contributed by atoms with van der Waals surface area (Å²) < 4.78 is 7.08. The van der Waals surface area contributed by atoms with Crippen molar-refractivity contribution in [2.75, 3.05) is 39.3 Å². The molecule has 5 heteroatoms. The highest BCUT2D eigenvalue weighted by Crippen LogP contribution is 2.37. The minimum atomic E-state index is -0.344. The van der Waals surface area contributed by atoms with Gasteiger partial charge in [0, 0.05) is 24.3 Å². The van der Waals surface area contributed by atoms with E-state index in [-0.39, 0.29) is 23.9 Å². The van der Waals surface area contributed by atoms with Crippen LogP contribution >= 0.6 is 0 Å². The van der Waals surface area contributed by atoms with Crippen molar-refractivity contribution in [1.29, 1.82) is 0 Å². The standard InChI is InChI=1S/C29H37N2O3/c1-22-12-16-30(17-13-22)28(25-10-6-3-7-11-25)29(33)34-27-21-31(18-14-24(27)15-19-31)20-26(32)23-8-4-2-5-9-23/h2-11,22,24,27-28H,12-21H2,1H3/q+1/t24?,27-,28-,31?/m0/s1. The Morgan fingerprint density at radius 1 is 0.941 bits per heavy atom. The summed E-state index contributed by atoms with van der Waals surface area (Å²) in [5.41, 5.74) is 1.80. The molecule has 2 aromatic rings. The van der Waals surface area contributed by atoms with Gasteiger partial charge in [-0.3, -0.25) is 9.69 Å². The van der Waals surface area contributed by atoms with Gasteiger partial charge in [-0.05, 0) is 37.4 Å². The molecule has 4 heterocycles. The van der Waals surface area contributed by atoms with Gasteiger partial charge in [-0.25, -0.2) is 4.79 Å². The molecule has 5 nitrogen and oxygen atoms in total. The largest absolute Gasteiger partial charge is 0.455 e. The van der Waals surface area contributed by atoms with E-state index in [1.54, 1.807) is 0 Å². The first-order valence-electron chi connectivity index (χ1n) is 13.0. The van der Waals surface area contributed by atoms with Crippen LogP contribution in [0.3, 0.4) is 0 Å². The van der Waals surface area contributed by atoms with E-state index in [9.17, 15) is 9.59 Å². The number of quaternary nitrogens is 1. The Kier molecular flexibility index (Phi) is 6.84. The zero-order chi connectivity index (χ0) is 23.5. The van der Waals surface area contributed by atoms with Crippen molar-refractivity contribution in [3.8, 4) is 0 Å². The molecule has 4 fully saturated rings. The van der Waals surface area contributed by atoms with Crippen molar-refractivity contribution in [3.05, 3.63) is 71.8 Å². The van der Waals surface area contributed by atoms with Gasteiger partial charge in [-0.1, -0.05) is 67.6 Å². The predicted octanol–water partition coefficient (Wildman–Crippen LogP) is 4.49. The van der Waals surface area contributed by atoms with Crippen LogP contribution in [0, 0.1) is 11.8 Å². The van der Waals surface area contributed by atoms with E-state index in [0.29, 0.717) is 18.4 Å². The molecule has 2 aromatic carbocycles. The van der Waals surface area contributed by atoms with Gasteiger partial charge in [0.05, 0.1) is 13.1 Å². The fraction of sp³-hybridized carbons (Fsp3) is 0.517. The number of rotatable bonds is 7. The first-order chi connectivity index (χ1) is 16.5. The van der Waals surface area contributed by atoms with E-state index in [2.05, 4.69) is 11.8 Å². The normalized spacial score (nSPS) is 28.4. The summed E-state index contributed by atoms with van der Waals surface area (Å²) in [4.78, 5) is 29.0. The highest BCUT2D eigenvalue weighted by Gasteiger charge is 2.49. The van der Waals surface area contributed by atoms with Crippen LogP contribution in [0.4, 0.5) is 0 Å². The molecule has 0 aliphatic carbocycles. The molecule has 4 aliphatic rings. The highest BCUT2D eigenvalue weighted by atomic mass is 16.5. The van der Waals surface area contributed by atoms with E-state index in [1.165, 1.54) is 0 Å². The lowest BCUT2D eigenvalue weighted by Gasteiger charge is -2.51. The number of ether oxygens (including phenoxy) is 1. The quantitative estimate of drug-likeness (QED) is 0.346. The molecule has 0 radical (unpaired) electrons. The number of likely N-dealkylation sites (tertiary alicyclic amines) is 1. The Labute approximate surface area is 203 Å². The van der Waals surface area contributed by atoms with Crippen molar-refractivity contribution in [1.82, 2.24) is 4.90 Å². The maximum absolute atomic E-state index is 13.7. The van der Waals surface area contributed by atoms with Gasteiger partial charge in [0.15, 0.2) is 6.10 Å². The van der Waals surface area contributed by atoms with Crippen molar-refractivity contribution in [2.45, 2.75) is 44.8 Å². The second kappa shape index (κ2) is 10.0. The number of ketones is 1. The minimum Gasteiger partial charge on any atom is -0.455 e. The Hall–Kier alpha value is -2.50. The number of benzene rings is 2. The Morgan fingerprint density at radius 2 is 1.56 bits per heavy atom. The fourth-order valence-corrected chi connectivity index (χ4v) is 6.23. The average molecular weight is 462 g/mol. The molecule has 2 bridgehead atoms. The van der Waals surface area contributed by atoms with Gasteiger partial charge in [-0.2, -0.15) is 0 Å². The van der Waals surface area contributed by atoms with Crippen LogP contribution in [0.15, 0.2) is 60.7 Å². The van der Waals surface area contributed by atoms with Crippen molar-refractivity contribution >= 4 is 11.8 Å². The maximum Gasteiger partial charge on any atom is 0.328 e. The topological polar surface area (TPSA) is 46.6 Å². The van der Waals surface area contributed by atoms with Crippen LogP contribution in [-0.2, 0) is 9.53 Å². The van der Waals surface area contributed by atoms with Gasteiger partial charge in [0.1, 0.15) is 19.1 Å². The smallest absolute Gasteiger partial charge is 0.328 e. The zero-order valence-electron chi connectivity index (χ0n) is 20.3. The lowest BCUT2D eigenvalue weighted by molar-refractivity contribution is -0.938. The molecule has 4 saturated heterocycles.